The first kappa shape index (κ1) is 24.9. The number of rotatable bonds is 8. The van der Waals surface area contributed by atoms with Crippen LogP contribution in [0.4, 0.5) is 11.4 Å². The molecule has 0 aliphatic carbocycles. The highest BCUT2D eigenvalue weighted by Crippen LogP contribution is 2.22. The number of β-amino-alcohol motifs (C(OH)–C–C–N with tert-alkyl or cyclic N) is 1. The molecule has 1 aliphatic rings. The van der Waals surface area contributed by atoms with E-state index in [-0.39, 0.29) is 19.0 Å². The first-order valence-electron chi connectivity index (χ1n) is 11.4. The zero-order chi connectivity index (χ0) is 22.0. The number of nitrogens with zero attached hydrogens (tertiary/aromatic N) is 3. The number of hydroxylamine groups is 1. The van der Waals surface area contributed by atoms with Crippen molar-refractivity contribution < 1.29 is 9.94 Å². The minimum Gasteiger partial charge on any atom is -0.389 e. The molecular formula is C27H32ClN3O2. The molecule has 3 aromatic rings. The van der Waals surface area contributed by atoms with Gasteiger partial charge in [-0.3, -0.25) is 4.84 Å². The summed E-state index contributed by atoms with van der Waals surface area (Å²) in [4.78, 5) is 13.5. The van der Waals surface area contributed by atoms with Crippen molar-refractivity contribution in [1.29, 1.82) is 0 Å². The van der Waals surface area contributed by atoms with Crippen LogP contribution in [0.15, 0.2) is 96.0 Å². The lowest BCUT2D eigenvalue weighted by atomic mass is 10.1. The van der Waals surface area contributed by atoms with E-state index in [1.807, 2.05) is 91.0 Å². The fraction of sp³-hybridized carbons (Fsp3) is 0.296. The predicted octanol–water partition coefficient (Wildman–Crippen LogP) is 5.47. The number of piperidine rings is 1. The maximum absolute atomic E-state index is 10.7. The molecule has 5 nitrogen and oxygen atoms in total. The molecule has 1 fully saturated rings. The van der Waals surface area contributed by atoms with Crippen LogP contribution in [0.25, 0.3) is 0 Å². The Labute approximate surface area is 202 Å². The van der Waals surface area contributed by atoms with Gasteiger partial charge in [-0.05, 0) is 50.2 Å². The van der Waals surface area contributed by atoms with Crippen molar-refractivity contribution in [3.8, 4) is 0 Å². The van der Waals surface area contributed by atoms with Crippen LogP contribution in [-0.2, 0) is 4.84 Å². The van der Waals surface area contributed by atoms with Gasteiger partial charge in [0.25, 0.3) is 0 Å². The molecule has 0 radical (unpaired) electrons. The molecule has 0 aromatic heterocycles. The molecule has 1 atom stereocenters. The van der Waals surface area contributed by atoms with E-state index in [0.717, 1.165) is 30.0 Å². The predicted molar refractivity (Wildman–Crippen MR) is 137 cm³/mol. The zero-order valence-corrected chi connectivity index (χ0v) is 19.6. The molecule has 1 unspecified atom stereocenters. The lowest BCUT2D eigenvalue weighted by molar-refractivity contribution is 0.0162. The van der Waals surface area contributed by atoms with Gasteiger partial charge in [0.05, 0.1) is 17.5 Å². The van der Waals surface area contributed by atoms with E-state index in [9.17, 15) is 5.11 Å². The van der Waals surface area contributed by atoms with Gasteiger partial charge in [-0.2, -0.15) is 0 Å². The van der Waals surface area contributed by atoms with Crippen molar-refractivity contribution in [2.45, 2.75) is 25.4 Å². The van der Waals surface area contributed by atoms with Crippen LogP contribution in [0, 0.1) is 0 Å². The second kappa shape index (κ2) is 13.1. The molecule has 0 bridgehead atoms. The SMILES string of the molecule is Cl.OC(CON(/C(=N/c1ccccc1)c1ccccc1)c1ccccc1)CN1CCCCC1. The molecule has 33 heavy (non-hydrogen) atoms. The summed E-state index contributed by atoms with van der Waals surface area (Å²) in [5.41, 5.74) is 2.63. The molecule has 0 amide bonds. The largest absolute Gasteiger partial charge is 0.389 e. The summed E-state index contributed by atoms with van der Waals surface area (Å²) in [7, 11) is 0. The van der Waals surface area contributed by atoms with Gasteiger partial charge < -0.3 is 10.0 Å². The zero-order valence-electron chi connectivity index (χ0n) is 18.8. The number of aliphatic hydroxyl groups is 1. The van der Waals surface area contributed by atoms with Crippen LogP contribution in [0.1, 0.15) is 24.8 Å². The van der Waals surface area contributed by atoms with Gasteiger partial charge in [-0.25, -0.2) is 10.1 Å². The van der Waals surface area contributed by atoms with Crippen LogP contribution >= 0.6 is 12.4 Å². The van der Waals surface area contributed by atoms with Gasteiger partial charge in [-0.1, -0.05) is 73.2 Å². The number of amidine groups is 1. The number of hydrogen-bond acceptors (Lipinski definition) is 4. The number of hydrogen-bond donors (Lipinski definition) is 1. The highest BCUT2D eigenvalue weighted by molar-refractivity contribution is 6.09. The smallest absolute Gasteiger partial charge is 0.165 e. The standard InChI is InChI=1S/C27H31N3O2.ClH/c31-26(21-29-19-11-4-12-20-29)22-32-30(25-17-9-3-10-18-25)27(23-13-5-1-6-14-23)28-24-15-7-2-8-16-24;/h1-3,5-10,13-18,26,31H,4,11-12,19-22H2;1H/b28-27+;. The fourth-order valence-electron chi connectivity index (χ4n) is 3.91. The highest BCUT2D eigenvalue weighted by atomic mass is 35.5. The van der Waals surface area contributed by atoms with Gasteiger partial charge in [0.2, 0.25) is 0 Å². The number of aliphatic hydroxyl groups excluding tert-OH is 1. The van der Waals surface area contributed by atoms with Crippen molar-refractivity contribution in [3.63, 3.8) is 0 Å². The Hall–Kier alpha value is -2.70. The van der Waals surface area contributed by atoms with Crippen LogP contribution in [-0.4, -0.2) is 48.2 Å². The second-order valence-electron chi connectivity index (χ2n) is 8.08. The molecule has 1 N–H and O–H groups in total. The molecule has 0 spiro atoms. The van der Waals surface area contributed by atoms with Crippen molar-refractivity contribution >= 4 is 29.6 Å². The van der Waals surface area contributed by atoms with E-state index in [1.54, 1.807) is 5.06 Å². The Balaban J connectivity index is 0.00000306. The van der Waals surface area contributed by atoms with E-state index < -0.39 is 6.10 Å². The van der Waals surface area contributed by atoms with Crippen LogP contribution < -0.4 is 5.06 Å². The summed E-state index contributed by atoms with van der Waals surface area (Å²) in [6, 6.07) is 29.8. The van der Waals surface area contributed by atoms with E-state index in [1.165, 1.54) is 19.3 Å². The van der Waals surface area contributed by atoms with Crippen molar-refractivity contribution in [2.75, 3.05) is 31.3 Å². The Morgan fingerprint density at radius 2 is 1.42 bits per heavy atom. The second-order valence-corrected chi connectivity index (χ2v) is 8.08. The highest BCUT2D eigenvalue weighted by Gasteiger charge is 2.21. The third kappa shape index (κ3) is 7.41. The van der Waals surface area contributed by atoms with Gasteiger partial charge >= 0.3 is 0 Å². The van der Waals surface area contributed by atoms with Crippen LogP contribution in [0.5, 0.6) is 0 Å². The van der Waals surface area contributed by atoms with Gasteiger partial charge in [0.15, 0.2) is 5.84 Å². The fourth-order valence-corrected chi connectivity index (χ4v) is 3.91. The van der Waals surface area contributed by atoms with E-state index in [4.69, 9.17) is 9.83 Å². The molecule has 1 aliphatic heterocycles. The Morgan fingerprint density at radius 3 is 2.06 bits per heavy atom. The molecule has 174 valence electrons. The number of likely N-dealkylation sites (tertiary alicyclic amines) is 1. The number of aliphatic imine (C=N–C) groups is 1. The first-order valence-corrected chi connectivity index (χ1v) is 11.4. The van der Waals surface area contributed by atoms with Gasteiger partial charge in [-0.15, -0.1) is 12.4 Å². The normalized spacial score (nSPS) is 15.5. The average Bonchev–Trinajstić information content (AvgIpc) is 2.86. The van der Waals surface area contributed by atoms with Crippen LogP contribution in [0.3, 0.4) is 0 Å². The minimum atomic E-state index is -0.576. The number of para-hydroxylation sites is 2. The maximum atomic E-state index is 10.7. The summed E-state index contributed by atoms with van der Waals surface area (Å²) >= 11 is 0. The van der Waals surface area contributed by atoms with E-state index in [2.05, 4.69) is 4.90 Å². The summed E-state index contributed by atoms with van der Waals surface area (Å²) in [6.45, 7) is 2.90. The van der Waals surface area contributed by atoms with E-state index in [0.29, 0.717) is 12.4 Å². The first-order chi connectivity index (χ1) is 15.8. The Bertz CT molecular complexity index is 964. The van der Waals surface area contributed by atoms with Gasteiger partial charge in [0.1, 0.15) is 6.61 Å². The average molecular weight is 466 g/mol. The van der Waals surface area contributed by atoms with Gasteiger partial charge in [0, 0.05) is 12.1 Å². The summed E-state index contributed by atoms with van der Waals surface area (Å²) in [5.74, 6) is 0.674. The Morgan fingerprint density at radius 1 is 0.848 bits per heavy atom. The molecular weight excluding hydrogens is 434 g/mol. The summed E-state index contributed by atoms with van der Waals surface area (Å²) in [5, 5.41) is 12.4. The minimum absolute atomic E-state index is 0. The monoisotopic (exact) mass is 465 g/mol. The van der Waals surface area contributed by atoms with Crippen LogP contribution in [0.2, 0.25) is 0 Å². The molecule has 4 rings (SSSR count). The lowest BCUT2D eigenvalue weighted by Crippen LogP contribution is -2.41. The molecule has 0 saturated carbocycles. The van der Waals surface area contributed by atoms with Crippen molar-refractivity contribution in [3.05, 3.63) is 96.6 Å². The lowest BCUT2D eigenvalue weighted by Gasteiger charge is -2.30. The molecule has 1 heterocycles. The summed E-state index contributed by atoms with van der Waals surface area (Å²) < 4.78 is 0. The third-order valence-corrected chi connectivity index (χ3v) is 5.52. The Kier molecular flexibility index (Phi) is 9.91. The molecule has 6 heteroatoms. The quantitative estimate of drug-likeness (QED) is 0.272. The van der Waals surface area contributed by atoms with Crippen molar-refractivity contribution in [2.24, 2.45) is 4.99 Å². The number of halogens is 1. The van der Waals surface area contributed by atoms with Crippen molar-refractivity contribution in [1.82, 2.24) is 4.90 Å². The molecule has 1 saturated heterocycles. The van der Waals surface area contributed by atoms with E-state index >= 15 is 0 Å². The summed E-state index contributed by atoms with van der Waals surface area (Å²) in [6.07, 6.45) is 3.10. The number of benzene rings is 3. The number of anilines is 1. The topological polar surface area (TPSA) is 48.3 Å². The molecule has 3 aromatic carbocycles. The maximum Gasteiger partial charge on any atom is 0.165 e. The third-order valence-electron chi connectivity index (χ3n) is 5.52.